The topological polar surface area (TPSA) is 91.2 Å². The van der Waals surface area contributed by atoms with Crippen molar-refractivity contribution < 1.29 is 14.3 Å². The summed E-state index contributed by atoms with van der Waals surface area (Å²) in [6, 6.07) is 14.0. The number of nitrogens with one attached hydrogen (secondary N) is 2. The van der Waals surface area contributed by atoms with Crippen molar-refractivity contribution >= 4 is 23.2 Å². The molecule has 0 aliphatic carbocycles. The second-order valence-corrected chi connectivity index (χ2v) is 7.08. The van der Waals surface area contributed by atoms with Crippen LogP contribution >= 0.6 is 0 Å². The number of ether oxygens (including phenoxy) is 1. The fourth-order valence-corrected chi connectivity index (χ4v) is 2.45. The molecule has 0 spiro atoms. The Balaban J connectivity index is 2.17. The second kappa shape index (κ2) is 8.37. The number of carbonyl (C=O) groups is 2. The number of benzene rings is 2. The maximum atomic E-state index is 12.6. The Labute approximate surface area is 159 Å². The highest BCUT2D eigenvalue weighted by Crippen LogP contribution is 2.31. The van der Waals surface area contributed by atoms with E-state index >= 15 is 0 Å². The highest BCUT2D eigenvalue weighted by molar-refractivity contribution is 6.05. The number of hydrogen-bond donors (Lipinski definition) is 2. The summed E-state index contributed by atoms with van der Waals surface area (Å²) in [5.74, 6) is -0.0931. The number of nitriles is 1. The maximum absolute atomic E-state index is 12.6. The Hall–Kier alpha value is -3.33. The van der Waals surface area contributed by atoms with Crippen molar-refractivity contribution in [2.45, 2.75) is 32.6 Å². The van der Waals surface area contributed by atoms with Crippen LogP contribution in [0.1, 0.15) is 43.1 Å². The third-order valence-electron chi connectivity index (χ3n) is 3.98. The number of rotatable bonds is 5. The second-order valence-electron chi connectivity index (χ2n) is 7.08. The molecule has 2 N–H and O–H groups in total. The number of carbonyl (C=O) groups excluding carboxylic acids is 2. The molecule has 0 bridgehead atoms. The van der Waals surface area contributed by atoms with Crippen molar-refractivity contribution in [3.8, 4) is 11.8 Å². The average molecular weight is 365 g/mol. The minimum Gasteiger partial charge on any atom is -0.495 e. The van der Waals surface area contributed by atoms with Crippen LogP contribution in [0.25, 0.3) is 0 Å². The maximum Gasteiger partial charge on any atom is 0.255 e. The van der Waals surface area contributed by atoms with Gasteiger partial charge in [-0.25, -0.2) is 0 Å². The number of hydrogen-bond acceptors (Lipinski definition) is 4. The smallest absolute Gasteiger partial charge is 0.255 e. The summed E-state index contributed by atoms with van der Waals surface area (Å²) in [7, 11) is 1.56. The fourth-order valence-electron chi connectivity index (χ4n) is 2.45. The monoisotopic (exact) mass is 365 g/mol. The Bertz CT molecular complexity index is 875. The van der Waals surface area contributed by atoms with Gasteiger partial charge >= 0.3 is 0 Å². The molecule has 0 atom stereocenters. The van der Waals surface area contributed by atoms with Crippen molar-refractivity contribution in [2.75, 3.05) is 17.7 Å². The zero-order chi connectivity index (χ0) is 20.0. The van der Waals surface area contributed by atoms with Crippen LogP contribution in [0.4, 0.5) is 11.4 Å². The van der Waals surface area contributed by atoms with Crippen LogP contribution in [0.3, 0.4) is 0 Å². The SMILES string of the molecule is COc1ccc(C(C)(C)C)cc1NC(=O)c1ccc(NC(=O)CC#N)cc1. The van der Waals surface area contributed by atoms with E-state index in [4.69, 9.17) is 10.00 Å². The summed E-state index contributed by atoms with van der Waals surface area (Å²) >= 11 is 0. The predicted octanol–water partition coefficient (Wildman–Crippen LogP) is 4.10. The molecule has 6 nitrogen and oxygen atoms in total. The fraction of sp³-hybridized carbons (Fsp3) is 0.286. The molecule has 0 aromatic heterocycles. The van der Waals surface area contributed by atoms with Crippen LogP contribution < -0.4 is 15.4 Å². The lowest BCUT2D eigenvalue weighted by molar-refractivity contribution is -0.115. The predicted molar refractivity (Wildman–Crippen MR) is 105 cm³/mol. The summed E-state index contributed by atoms with van der Waals surface area (Å²) < 4.78 is 5.35. The molecule has 0 aliphatic rings. The van der Waals surface area contributed by atoms with Gasteiger partial charge in [0, 0.05) is 11.3 Å². The highest BCUT2D eigenvalue weighted by Gasteiger charge is 2.17. The van der Waals surface area contributed by atoms with Crippen LogP contribution in [-0.4, -0.2) is 18.9 Å². The van der Waals surface area contributed by atoms with Gasteiger partial charge in [-0.15, -0.1) is 0 Å². The first kappa shape index (κ1) is 20.0. The van der Waals surface area contributed by atoms with Crippen LogP contribution in [0, 0.1) is 11.3 Å². The third-order valence-corrected chi connectivity index (χ3v) is 3.98. The molecule has 0 unspecified atom stereocenters. The van der Waals surface area contributed by atoms with E-state index in [1.807, 2.05) is 18.2 Å². The van der Waals surface area contributed by atoms with E-state index < -0.39 is 5.91 Å². The molecule has 0 aliphatic heterocycles. The van der Waals surface area contributed by atoms with Gasteiger partial charge in [0.1, 0.15) is 12.2 Å². The molecule has 6 heteroatoms. The Kier molecular flexibility index (Phi) is 6.19. The summed E-state index contributed by atoms with van der Waals surface area (Å²) in [6.45, 7) is 6.29. The normalized spacial score (nSPS) is 10.6. The highest BCUT2D eigenvalue weighted by atomic mass is 16.5. The summed E-state index contributed by atoms with van der Waals surface area (Å²) in [5.41, 5.74) is 2.58. The molecule has 2 aromatic rings. The van der Waals surface area contributed by atoms with Gasteiger partial charge < -0.3 is 15.4 Å². The Morgan fingerprint density at radius 2 is 1.74 bits per heavy atom. The van der Waals surface area contributed by atoms with E-state index in [9.17, 15) is 9.59 Å². The van der Waals surface area contributed by atoms with E-state index in [0.717, 1.165) is 5.56 Å². The largest absolute Gasteiger partial charge is 0.495 e. The van der Waals surface area contributed by atoms with Gasteiger partial charge in [-0.3, -0.25) is 9.59 Å². The lowest BCUT2D eigenvalue weighted by Crippen LogP contribution is -2.16. The molecule has 0 radical (unpaired) electrons. The first-order valence-corrected chi connectivity index (χ1v) is 8.51. The van der Waals surface area contributed by atoms with E-state index in [-0.39, 0.29) is 17.7 Å². The zero-order valence-corrected chi connectivity index (χ0v) is 15.9. The van der Waals surface area contributed by atoms with Gasteiger partial charge in [0.2, 0.25) is 5.91 Å². The van der Waals surface area contributed by atoms with Gasteiger partial charge in [0.15, 0.2) is 0 Å². The van der Waals surface area contributed by atoms with E-state index in [0.29, 0.717) is 22.7 Å². The van der Waals surface area contributed by atoms with Crippen molar-refractivity contribution in [2.24, 2.45) is 0 Å². The van der Waals surface area contributed by atoms with Crippen LogP contribution in [-0.2, 0) is 10.2 Å². The molecule has 0 saturated carbocycles. The molecule has 140 valence electrons. The van der Waals surface area contributed by atoms with Crippen molar-refractivity contribution in [1.82, 2.24) is 0 Å². The van der Waals surface area contributed by atoms with Gasteiger partial charge in [-0.1, -0.05) is 26.8 Å². The summed E-state index contributed by atoms with van der Waals surface area (Å²) in [4.78, 5) is 24.0. The number of amides is 2. The number of anilines is 2. The number of nitrogens with zero attached hydrogens (tertiary/aromatic N) is 1. The van der Waals surface area contributed by atoms with Gasteiger partial charge in [-0.2, -0.15) is 5.26 Å². The Morgan fingerprint density at radius 3 is 2.30 bits per heavy atom. The molecular formula is C21H23N3O3. The quantitative estimate of drug-likeness (QED) is 0.834. The standard InChI is InChI=1S/C21H23N3O3/c1-21(2,3)15-7-10-18(27-4)17(13-15)24-20(26)14-5-8-16(9-6-14)23-19(25)11-12-22/h5-10,13H,11H2,1-4H3,(H,23,25)(H,24,26). The molecule has 2 amide bonds. The zero-order valence-electron chi connectivity index (χ0n) is 15.9. The van der Waals surface area contributed by atoms with Crippen molar-refractivity contribution in [1.29, 1.82) is 5.26 Å². The lowest BCUT2D eigenvalue weighted by atomic mass is 9.87. The lowest BCUT2D eigenvalue weighted by Gasteiger charge is -2.21. The molecule has 2 rings (SSSR count). The van der Waals surface area contributed by atoms with E-state index in [1.54, 1.807) is 37.4 Å². The van der Waals surface area contributed by atoms with E-state index in [1.165, 1.54) is 0 Å². The van der Waals surface area contributed by atoms with E-state index in [2.05, 4.69) is 31.4 Å². The first-order chi connectivity index (χ1) is 12.7. The minimum atomic E-state index is -0.390. The summed E-state index contributed by atoms with van der Waals surface area (Å²) in [5, 5.41) is 14.0. The first-order valence-electron chi connectivity index (χ1n) is 8.51. The van der Waals surface area contributed by atoms with Crippen LogP contribution in [0.2, 0.25) is 0 Å². The third kappa shape index (κ3) is 5.32. The molecule has 0 saturated heterocycles. The van der Waals surface area contributed by atoms with Gasteiger partial charge in [0.25, 0.3) is 5.91 Å². The van der Waals surface area contributed by atoms with Crippen LogP contribution in [0.15, 0.2) is 42.5 Å². The number of methoxy groups -OCH3 is 1. The molecule has 0 fully saturated rings. The van der Waals surface area contributed by atoms with Crippen molar-refractivity contribution in [3.05, 3.63) is 53.6 Å². The Morgan fingerprint density at radius 1 is 1.07 bits per heavy atom. The molecular weight excluding hydrogens is 342 g/mol. The van der Waals surface area contributed by atoms with Gasteiger partial charge in [-0.05, 0) is 47.4 Å². The van der Waals surface area contributed by atoms with Gasteiger partial charge in [0.05, 0.1) is 18.9 Å². The minimum absolute atomic E-state index is 0.0605. The van der Waals surface area contributed by atoms with Crippen LogP contribution in [0.5, 0.6) is 5.75 Å². The molecule has 0 heterocycles. The molecule has 27 heavy (non-hydrogen) atoms. The van der Waals surface area contributed by atoms with Crippen molar-refractivity contribution in [3.63, 3.8) is 0 Å². The average Bonchev–Trinajstić information content (AvgIpc) is 2.61. The summed E-state index contributed by atoms with van der Waals surface area (Å²) in [6.07, 6.45) is -0.216. The molecule has 2 aromatic carbocycles.